The van der Waals surface area contributed by atoms with E-state index in [1.807, 2.05) is 0 Å². The van der Waals surface area contributed by atoms with Crippen molar-refractivity contribution >= 4 is 0 Å². The maximum atomic E-state index is 13.9. The zero-order chi connectivity index (χ0) is 17.1. The van der Waals surface area contributed by atoms with E-state index in [9.17, 15) is 4.39 Å². The van der Waals surface area contributed by atoms with Gasteiger partial charge in [-0.25, -0.2) is 4.39 Å². The first-order valence-electron chi connectivity index (χ1n) is 7.20. The fraction of sp³-hybridized carbons (Fsp3) is 0.167. The minimum atomic E-state index is -0.381. The van der Waals surface area contributed by atoms with Gasteiger partial charge in [0.25, 0.3) is 0 Å². The van der Waals surface area contributed by atoms with Crippen molar-refractivity contribution in [2.75, 3.05) is 21.3 Å². The van der Waals surface area contributed by atoms with E-state index in [0.717, 1.165) is 0 Å². The average molecular weight is 329 g/mol. The highest BCUT2D eigenvalue weighted by atomic mass is 19.1. The lowest BCUT2D eigenvalue weighted by Crippen LogP contribution is -1.95. The Morgan fingerprint density at radius 2 is 1.58 bits per heavy atom. The summed E-state index contributed by atoms with van der Waals surface area (Å²) in [4.78, 5) is 0. The molecule has 0 saturated heterocycles. The predicted octanol–water partition coefficient (Wildman–Crippen LogP) is 4.17. The summed E-state index contributed by atoms with van der Waals surface area (Å²) in [6.07, 6.45) is 0. The molecule has 0 radical (unpaired) electrons. The average Bonchev–Trinajstić information content (AvgIpc) is 3.10. The van der Waals surface area contributed by atoms with Crippen molar-refractivity contribution in [2.24, 2.45) is 0 Å². The number of nitrogens with zero attached hydrogens (tertiary/aromatic N) is 1. The molecule has 6 heteroatoms. The van der Waals surface area contributed by atoms with Gasteiger partial charge in [0, 0.05) is 18.2 Å². The first-order chi connectivity index (χ1) is 11.7. The van der Waals surface area contributed by atoms with Gasteiger partial charge in [0.15, 0.2) is 5.76 Å². The molecule has 3 rings (SSSR count). The largest absolute Gasteiger partial charge is 0.496 e. The third kappa shape index (κ3) is 2.78. The van der Waals surface area contributed by atoms with E-state index in [0.29, 0.717) is 39.8 Å². The van der Waals surface area contributed by atoms with Gasteiger partial charge in [0.1, 0.15) is 28.8 Å². The highest BCUT2D eigenvalue weighted by molar-refractivity contribution is 5.78. The Labute approximate surface area is 138 Å². The van der Waals surface area contributed by atoms with Gasteiger partial charge in [-0.05, 0) is 12.1 Å². The molecule has 24 heavy (non-hydrogen) atoms. The fourth-order valence-electron chi connectivity index (χ4n) is 2.44. The Bertz CT molecular complexity index is 835. The number of ether oxygens (including phenoxy) is 3. The smallest absolute Gasteiger partial charge is 0.170 e. The van der Waals surface area contributed by atoms with Gasteiger partial charge in [0.2, 0.25) is 0 Å². The summed E-state index contributed by atoms with van der Waals surface area (Å²) in [5.41, 5.74) is 1.42. The van der Waals surface area contributed by atoms with Crippen LogP contribution in [-0.2, 0) is 0 Å². The van der Waals surface area contributed by atoms with E-state index in [1.54, 1.807) is 43.5 Å². The van der Waals surface area contributed by atoms with E-state index in [4.69, 9.17) is 18.7 Å². The number of hydrogen-bond acceptors (Lipinski definition) is 5. The van der Waals surface area contributed by atoms with Gasteiger partial charge in [-0.2, -0.15) is 0 Å². The molecule has 0 bridgehead atoms. The predicted molar refractivity (Wildman–Crippen MR) is 87.0 cm³/mol. The molecular weight excluding hydrogens is 313 g/mol. The molecule has 3 aromatic rings. The zero-order valence-corrected chi connectivity index (χ0v) is 13.5. The maximum Gasteiger partial charge on any atom is 0.170 e. The molecular formula is C18H16FNO4. The van der Waals surface area contributed by atoms with Crippen molar-refractivity contribution in [3.8, 4) is 39.8 Å². The van der Waals surface area contributed by atoms with Crippen LogP contribution in [0.4, 0.5) is 4.39 Å². The van der Waals surface area contributed by atoms with Crippen LogP contribution in [0.25, 0.3) is 22.6 Å². The monoisotopic (exact) mass is 329 g/mol. The van der Waals surface area contributed by atoms with Crippen LogP contribution in [0.3, 0.4) is 0 Å². The summed E-state index contributed by atoms with van der Waals surface area (Å²) in [5, 5.41) is 4.03. The van der Waals surface area contributed by atoms with Crippen LogP contribution in [0.5, 0.6) is 17.2 Å². The van der Waals surface area contributed by atoms with Crippen LogP contribution in [0.1, 0.15) is 0 Å². The van der Waals surface area contributed by atoms with Crippen molar-refractivity contribution in [3.63, 3.8) is 0 Å². The van der Waals surface area contributed by atoms with Crippen molar-refractivity contribution in [3.05, 3.63) is 48.3 Å². The molecule has 0 N–H and O–H groups in total. The highest BCUT2D eigenvalue weighted by Crippen LogP contribution is 2.42. The second-order valence-electron chi connectivity index (χ2n) is 4.96. The lowest BCUT2D eigenvalue weighted by molar-refractivity contribution is 0.376. The van der Waals surface area contributed by atoms with Crippen LogP contribution >= 0.6 is 0 Å². The van der Waals surface area contributed by atoms with E-state index in [1.165, 1.54) is 20.3 Å². The molecule has 0 aliphatic carbocycles. The molecule has 1 heterocycles. The summed E-state index contributed by atoms with van der Waals surface area (Å²) >= 11 is 0. The lowest BCUT2D eigenvalue weighted by atomic mass is 10.1. The van der Waals surface area contributed by atoms with Gasteiger partial charge in [-0.3, -0.25) is 0 Å². The number of hydrogen-bond donors (Lipinski definition) is 0. The topological polar surface area (TPSA) is 53.7 Å². The van der Waals surface area contributed by atoms with Gasteiger partial charge in [0.05, 0.1) is 32.5 Å². The van der Waals surface area contributed by atoms with Crippen molar-refractivity contribution in [2.45, 2.75) is 0 Å². The second-order valence-corrected chi connectivity index (χ2v) is 4.96. The van der Waals surface area contributed by atoms with Crippen LogP contribution in [0.15, 0.2) is 47.0 Å². The number of benzene rings is 2. The first kappa shape index (κ1) is 15.9. The number of aromatic nitrogens is 1. The van der Waals surface area contributed by atoms with Crippen LogP contribution in [0.2, 0.25) is 0 Å². The molecule has 0 atom stereocenters. The summed E-state index contributed by atoms with van der Waals surface area (Å²) in [5.74, 6) is 1.56. The van der Waals surface area contributed by atoms with Gasteiger partial charge in [-0.15, -0.1) is 0 Å². The van der Waals surface area contributed by atoms with Gasteiger partial charge >= 0.3 is 0 Å². The zero-order valence-electron chi connectivity index (χ0n) is 13.5. The van der Waals surface area contributed by atoms with Crippen LogP contribution < -0.4 is 14.2 Å². The number of methoxy groups -OCH3 is 3. The molecule has 0 aliphatic rings. The van der Waals surface area contributed by atoms with Gasteiger partial charge in [-0.1, -0.05) is 17.3 Å². The normalized spacial score (nSPS) is 10.5. The molecule has 0 unspecified atom stereocenters. The Hall–Kier alpha value is -3.02. The summed E-state index contributed by atoms with van der Waals surface area (Å²) < 4.78 is 35.3. The molecule has 0 fully saturated rings. The third-order valence-corrected chi connectivity index (χ3v) is 3.62. The molecule has 2 aromatic carbocycles. The number of rotatable bonds is 5. The Balaban J connectivity index is 2.12. The Morgan fingerprint density at radius 1 is 0.917 bits per heavy atom. The van der Waals surface area contributed by atoms with E-state index < -0.39 is 0 Å². The van der Waals surface area contributed by atoms with Gasteiger partial charge < -0.3 is 18.7 Å². The molecule has 0 saturated carbocycles. The Morgan fingerprint density at radius 3 is 2.17 bits per heavy atom. The molecule has 0 spiro atoms. The third-order valence-electron chi connectivity index (χ3n) is 3.62. The molecule has 5 nitrogen and oxygen atoms in total. The second kappa shape index (κ2) is 6.62. The van der Waals surface area contributed by atoms with Crippen molar-refractivity contribution in [1.29, 1.82) is 0 Å². The fourth-order valence-corrected chi connectivity index (χ4v) is 2.44. The van der Waals surface area contributed by atoms with Crippen LogP contribution in [-0.4, -0.2) is 26.5 Å². The standard InChI is InChI=1S/C18H16FNO4/c1-21-11-8-16(22-2)18(17(9-11)23-3)14-10-15(24-20-14)12-6-4-5-7-13(12)19/h4-10H,1-3H3. The quantitative estimate of drug-likeness (QED) is 0.703. The summed E-state index contributed by atoms with van der Waals surface area (Å²) in [7, 11) is 4.63. The summed E-state index contributed by atoms with van der Waals surface area (Å²) in [6.45, 7) is 0. The van der Waals surface area contributed by atoms with E-state index in [2.05, 4.69) is 5.16 Å². The van der Waals surface area contributed by atoms with E-state index in [-0.39, 0.29) is 5.82 Å². The molecule has 0 aliphatic heterocycles. The lowest BCUT2D eigenvalue weighted by Gasteiger charge is -2.13. The minimum absolute atomic E-state index is 0.322. The molecule has 0 amide bonds. The van der Waals surface area contributed by atoms with Crippen molar-refractivity contribution < 1.29 is 23.1 Å². The van der Waals surface area contributed by atoms with Crippen molar-refractivity contribution in [1.82, 2.24) is 5.16 Å². The highest BCUT2D eigenvalue weighted by Gasteiger charge is 2.20. The van der Waals surface area contributed by atoms with Crippen LogP contribution in [0, 0.1) is 5.82 Å². The maximum absolute atomic E-state index is 13.9. The molecule has 124 valence electrons. The number of halogens is 1. The molecule has 1 aromatic heterocycles. The van der Waals surface area contributed by atoms with E-state index >= 15 is 0 Å². The SMILES string of the molecule is COc1cc(OC)c(-c2cc(-c3ccccc3F)on2)c(OC)c1. The first-order valence-corrected chi connectivity index (χ1v) is 7.20. The minimum Gasteiger partial charge on any atom is -0.496 e. The Kier molecular flexibility index (Phi) is 4.37. The summed E-state index contributed by atoms with van der Waals surface area (Å²) in [6, 6.07) is 11.4.